The third-order valence-electron chi connectivity index (χ3n) is 5.34. The first-order valence-electron chi connectivity index (χ1n) is 10.4. The highest BCUT2D eigenvalue weighted by atomic mass is 35.5. The molecule has 1 N–H and O–H groups in total. The van der Waals surface area contributed by atoms with Crippen molar-refractivity contribution >= 4 is 38.9 Å². The average molecular weight is 471 g/mol. The predicted octanol–water partition coefficient (Wildman–Crippen LogP) is 5.66. The Labute approximate surface area is 195 Å². The molecule has 3 aromatic carbocycles. The number of amides is 1. The Balaban J connectivity index is 2.03. The van der Waals surface area contributed by atoms with Crippen LogP contribution in [0.15, 0.2) is 65.6 Å². The molecular formula is C25H27ClN2O3S. The van der Waals surface area contributed by atoms with Gasteiger partial charge in [0.15, 0.2) is 0 Å². The number of halogens is 1. The lowest BCUT2D eigenvalue weighted by Crippen LogP contribution is -2.38. The van der Waals surface area contributed by atoms with Gasteiger partial charge in [0.1, 0.15) is 6.54 Å². The maximum atomic E-state index is 13.6. The molecule has 0 unspecified atom stereocenters. The molecule has 0 spiro atoms. The molecule has 0 atom stereocenters. The van der Waals surface area contributed by atoms with E-state index in [0.717, 1.165) is 33.1 Å². The van der Waals surface area contributed by atoms with E-state index in [9.17, 15) is 13.2 Å². The van der Waals surface area contributed by atoms with E-state index in [1.165, 1.54) is 0 Å². The van der Waals surface area contributed by atoms with E-state index in [1.54, 1.807) is 49.4 Å². The first-order valence-corrected chi connectivity index (χ1v) is 12.2. The van der Waals surface area contributed by atoms with Gasteiger partial charge in [0.2, 0.25) is 5.91 Å². The van der Waals surface area contributed by atoms with Crippen LogP contribution >= 0.6 is 11.6 Å². The quantitative estimate of drug-likeness (QED) is 0.484. The molecule has 5 nitrogen and oxygen atoms in total. The smallest absolute Gasteiger partial charge is 0.264 e. The Morgan fingerprint density at radius 1 is 0.969 bits per heavy atom. The van der Waals surface area contributed by atoms with E-state index < -0.39 is 15.9 Å². The Hall–Kier alpha value is -2.83. The summed E-state index contributed by atoms with van der Waals surface area (Å²) in [6.45, 7) is 7.22. The van der Waals surface area contributed by atoms with Crippen molar-refractivity contribution in [1.82, 2.24) is 0 Å². The summed E-state index contributed by atoms with van der Waals surface area (Å²) in [7, 11) is -4.01. The van der Waals surface area contributed by atoms with Gasteiger partial charge in [0.05, 0.1) is 10.6 Å². The number of rotatable bonds is 7. The number of hydrogen-bond acceptors (Lipinski definition) is 3. The Morgan fingerprint density at radius 3 is 2.31 bits per heavy atom. The molecule has 0 heterocycles. The monoisotopic (exact) mass is 470 g/mol. The average Bonchev–Trinajstić information content (AvgIpc) is 2.75. The zero-order valence-electron chi connectivity index (χ0n) is 18.6. The van der Waals surface area contributed by atoms with E-state index in [-0.39, 0.29) is 11.4 Å². The second kappa shape index (κ2) is 9.76. The number of para-hydroxylation sites is 1. The molecule has 168 valence electrons. The van der Waals surface area contributed by atoms with Crippen molar-refractivity contribution in [2.75, 3.05) is 16.2 Å². The molecule has 0 saturated carbocycles. The minimum absolute atomic E-state index is 0.111. The van der Waals surface area contributed by atoms with Crippen LogP contribution < -0.4 is 9.62 Å². The normalized spacial score (nSPS) is 11.3. The van der Waals surface area contributed by atoms with Crippen molar-refractivity contribution in [3.63, 3.8) is 0 Å². The van der Waals surface area contributed by atoms with Gasteiger partial charge >= 0.3 is 0 Å². The topological polar surface area (TPSA) is 66.5 Å². The molecule has 7 heteroatoms. The first-order chi connectivity index (χ1) is 15.1. The van der Waals surface area contributed by atoms with Crippen LogP contribution in [0.4, 0.5) is 11.4 Å². The molecule has 3 rings (SSSR count). The van der Waals surface area contributed by atoms with Gasteiger partial charge in [-0.15, -0.1) is 0 Å². The summed E-state index contributed by atoms with van der Waals surface area (Å²) in [5, 5.41) is 3.31. The Kier molecular flexibility index (Phi) is 7.26. The number of benzene rings is 3. The van der Waals surface area contributed by atoms with E-state index >= 15 is 0 Å². The van der Waals surface area contributed by atoms with Gasteiger partial charge in [-0.25, -0.2) is 8.42 Å². The van der Waals surface area contributed by atoms with Crippen molar-refractivity contribution in [1.29, 1.82) is 0 Å². The van der Waals surface area contributed by atoms with E-state index in [4.69, 9.17) is 11.6 Å². The van der Waals surface area contributed by atoms with Gasteiger partial charge in [-0.2, -0.15) is 0 Å². The summed E-state index contributed by atoms with van der Waals surface area (Å²) in [4.78, 5) is 13.2. The predicted molar refractivity (Wildman–Crippen MR) is 131 cm³/mol. The van der Waals surface area contributed by atoms with Crippen LogP contribution in [-0.2, 0) is 21.2 Å². The fraction of sp³-hybridized carbons (Fsp3) is 0.240. The van der Waals surface area contributed by atoms with Crippen LogP contribution in [0.2, 0.25) is 5.02 Å². The van der Waals surface area contributed by atoms with Crippen LogP contribution in [0, 0.1) is 20.8 Å². The molecule has 0 fully saturated rings. The minimum Gasteiger partial charge on any atom is -0.324 e. The van der Waals surface area contributed by atoms with Crippen molar-refractivity contribution in [2.24, 2.45) is 0 Å². The van der Waals surface area contributed by atoms with E-state index in [1.807, 2.05) is 39.0 Å². The highest BCUT2D eigenvalue weighted by molar-refractivity contribution is 7.92. The zero-order chi connectivity index (χ0) is 23.5. The van der Waals surface area contributed by atoms with Crippen LogP contribution in [0.25, 0.3) is 0 Å². The molecule has 0 bridgehead atoms. The molecule has 0 aliphatic heterocycles. The number of hydrogen-bond donors (Lipinski definition) is 1. The lowest BCUT2D eigenvalue weighted by Gasteiger charge is -2.26. The molecule has 0 aliphatic carbocycles. The largest absolute Gasteiger partial charge is 0.324 e. The molecule has 1 amide bonds. The number of nitrogens with one attached hydrogen (secondary N) is 1. The molecular weight excluding hydrogens is 444 g/mol. The lowest BCUT2D eigenvalue weighted by atomic mass is 10.1. The zero-order valence-corrected chi connectivity index (χ0v) is 20.2. The third kappa shape index (κ3) is 5.14. The second-order valence-corrected chi connectivity index (χ2v) is 10.1. The van der Waals surface area contributed by atoms with Crippen molar-refractivity contribution in [3.8, 4) is 0 Å². The van der Waals surface area contributed by atoms with Gasteiger partial charge in [0.25, 0.3) is 10.0 Å². The molecule has 0 saturated heterocycles. The molecule has 0 aromatic heterocycles. The minimum atomic E-state index is -4.01. The third-order valence-corrected chi connectivity index (χ3v) is 7.35. The Morgan fingerprint density at radius 2 is 1.66 bits per heavy atom. The van der Waals surface area contributed by atoms with Crippen molar-refractivity contribution in [3.05, 3.63) is 87.9 Å². The maximum absolute atomic E-state index is 13.6. The first kappa shape index (κ1) is 23.8. The number of carbonyl (C=O) groups excluding carboxylic acids is 1. The number of nitrogens with zero attached hydrogens (tertiary/aromatic N) is 1. The van der Waals surface area contributed by atoms with Gasteiger partial charge < -0.3 is 5.32 Å². The summed E-state index contributed by atoms with van der Waals surface area (Å²) >= 11 is 6.18. The maximum Gasteiger partial charge on any atom is 0.264 e. The number of sulfonamides is 1. The summed E-state index contributed by atoms with van der Waals surface area (Å²) in [6.07, 6.45) is 0.746. The van der Waals surface area contributed by atoms with Crippen molar-refractivity contribution < 1.29 is 13.2 Å². The summed E-state index contributed by atoms with van der Waals surface area (Å²) < 4.78 is 28.3. The number of aryl methyl sites for hydroxylation is 4. The van der Waals surface area contributed by atoms with Gasteiger partial charge in [0, 0.05) is 10.7 Å². The SMILES string of the molecule is CCc1cccc(C)c1NC(=O)CN(c1cc(Cl)ccc1C)S(=O)(=O)c1ccc(C)cc1. The van der Waals surface area contributed by atoms with Crippen LogP contribution in [0.3, 0.4) is 0 Å². The standard InChI is InChI=1S/C25H27ClN2O3S/c1-5-20-8-6-7-19(4)25(20)27-24(29)16-28(23-15-21(26)12-11-18(23)3)32(30,31)22-13-9-17(2)10-14-22/h6-15H,5,16H2,1-4H3,(H,27,29). The number of anilines is 2. The van der Waals surface area contributed by atoms with E-state index in [2.05, 4.69) is 5.32 Å². The van der Waals surface area contributed by atoms with Gasteiger partial charge in [-0.05, 0) is 68.1 Å². The molecule has 3 aromatic rings. The summed E-state index contributed by atoms with van der Waals surface area (Å²) in [6, 6.07) is 17.4. The van der Waals surface area contributed by atoms with Gasteiger partial charge in [-0.1, -0.05) is 60.5 Å². The number of carbonyl (C=O) groups is 1. The fourth-order valence-corrected chi connectivity index (χ4v) is 5.14. The molecule has 32 heavy (non-hydrogen) atoms. The van der Waals surface area contributed by atoms with Crippen LogP contribution in [-0.4, -0.2) is 20.9 Å². The van der Waals surface area contributed by atoms with Crippen molar-refractivity contribution in [2.45, 2.75) is 39.0 Å². The highest BCUT2D eigenvalue weighted by Crippen LogP contribution is 2.30. The highest BCUT2D eigenvalue weighted by Gasteiger charge is 2.29. The lowest BCUT2D eigenvalue weighted by molar-refractivity contribution is -0.114. The fourth-order valence-electron chi connectivity index (χ4n) is 3.50. The molecule has 0 aliphatic rings. The second-order valence-electron chi connectivity index (χ2n) is 7.77. The summed E-state index contributed by atoms with van der Waals surface area (Å²) in [5.41, 5.74) is 4.64. The van der Waals surface area contributed by atoms with Gasteiger partial charge in [-0.3, -0.25) is 9.10 Å². The Bertz CT molecular complexity index is 1240. The van der Waals surface area contributed by atoms with Crippen LogP contribution in [0.5, 0.6) is 0 Å². The summed E-state index contributed by atoms with van der Waals surface area (Å²) in [5.74, 6) is -0.427. The van der Waals surface area contributed by atoms with E-state index in [0.29, 0.717) is 16.3 Å². The van der Waals surface area contributed by atoms with Crippen LogP contribution in [0.1, 0.15) is 29.2 Å². The molecule has 0 radical (unpaired) electrons.